The Labute approximate surface area is 150 Å². The van der Waals surface area contributed by atoms with Crippen LogP contribution in [0.3, 0.4) is 0 Å². The van der Waals surface area contributed by atoms with Crippen molar-refractivity contribution in [3.8, 4) is 5.75 Å². The van der Waals surface area contributed by atoms with Gasteiger partial charge in [-0.1, -0.05) is 12.1 Å². The van der Waals surface area contributed by atoms with Crippen LogP contribution in [0.1, 0.15) is 5.56 Å². The summed E-state index contributed by atoms with van der Waals surface area (Å²) in [5, 5.41) is 0. The second kappa shape index (κ2) is 9.39. The van der Waals surface area contributed by atoms with Gasteiger partial charge in [-0.2, -0.15) is 0 Å². The molecule has 1 aliphatic rings. The Kier molecular flexibility index (Phi) is 6.65. The van der Waals surface area contributed by atoms with Crippen LogP contribution in [0.4, 0.5) is 5.69 Å². The normalized spacial score (nSPS) is 15.3. The Morgan fingerprint density at radius 2 is 1.72 bits per heavy atom. The third-order valence-corrected chi connectivity index (χ3v) is 4.59. The van der Waals surface area contributed by atoms with Crippen molar-refractivity contribution in [3.63, 3.8) is 0 Å². The molecule has 0 bridgehead atoms. The average Bonchev–Trinajstić information content (AvgIpc) is 2.68. The van der Waals surface area contributed by atoms with E-state index in [1.807, 2.05) is 24.5 Å². The molecule has 5 nitrogen and oxygen atoms in total. The Bertz CT molecular complexity index is 628. The van der Waals surface area contributed by atoms with Crippen LogP contribution in [0.2, 0.25) is 0 Å². The Hall–Kier alpha value is -2.11. The highest BCUT2D eigenvalue weighted by Gasteiger charge is 2.19. The van der Waals surface area contributed by atoms with Gasteiger partial charge >= 0.3 is 0 Å². The van der Waals surface area contributed by atoms with Gasteiger partial charge in [0, 0.05) is 52.2 Å². The maximum atomic E-state index is 5.88. The van der Waals surface area contributed by atoms with E-state index in [2.05, 4.69) is 39.0 Å². The van der Waals surface area contributed by atoms with Crippen LogP contribution >= 0.6 is 0 Å². The number of para-hydroxylation sites is 2. The van der Waals surface area contributed by atoms with Crippen LogP contribution < -0.4 is 9.64 Å². The first-order valence-corrected chi connectivity index (χ1v) is 8.94. The zero-order valence-electron chi connectivity index (χ0n) is 14.9. The van der Waals surface area contributed by atoms with Gasteiger partial charge in [0.25, 0.3) is 0 Å². The van der Waals surface area contributed by atoms with Crippen molar-refractivity contribution in [3.05, 3.63) is 54.4 Å². The zero-order valence-corrected chi connectivity index (χ0v) is 14.9. The van der Waals surface area contributed by atoms with E-state index in [0.29, 0.717) is 13.2 Å². The Morgan fingerprint density at radius 1 is 0.960 bits per heavy atom. The lowest BCUT2D eigenvalue weighted by Crippen LogP contribution is -2.47. The number of pyridine rings is 1. The molecular formula is C20H27N3O2. The van der Waals surface area contributed by atoms with Crippen molar-refractivity contribution in [2.24, 2.45) is 0 Å². The van der Waals surface area contributed by atoms with Crippen molar-refractivity contribution in [2.45, 2.75) is 6.42 Å². The van der Waals surface area contributed by atoms with Gasteiger partial charge in [0.05, 0.1) is 12.3 Å². The van der Waals surface area contributed by atoms with Crippen molar-refractivity contribution < 1.29 is 9.47 Å². The fourth-order valence-electron chi connectivity index (χ4n) is 3.12. The molecule has 0 atom stereocenters. The summed E-state index contributed by atoms with van der Waals surface area (Å²) in [6.45, 7) is 6.51. The van der Waals surface area contributed by atoms with Gasteiger partial charge in [0.1, 0.15) is 12.4 Å². The molecule has 2 aromatic rings. The minimum absolute atomic E-state index is 0.583. The summed E-state index contributed by atoms with van der Waals surface area (Å²) < 4.78 is 11.0. The lowest BCUT2D eigenvalue weighted by Gasteiger charge is -2.36. The summed E-state index contributed by atoms with van der Waals surface area (Å²) in [6, 6.07) is 12.5. The van der Waals surface area contributed by atoms with Crippen LogP contribution in [0.25, 0.3) is 0 Å². The predicted octanol–water partition coefficient (Wildman–Crippen LogP) is 2.47. The van der Waals surface area contributed by atoms with Crippen molar-refractivity contribution in [1.82, 2.24) is 9.88 Å². The van der Waals surface area contributed by atoms with Gasteiger partial charge < -0.3 is 14.4 Å². The molecule has 1 aromatic heterocycles. The molecule has 0 unspecified atom stereocenters. The van der Waals surface area contributed by atoms with E-state index in [-0.39, 0.29) is 0 Å². The van der Waals surface area contributed by atoms with Gasteiger partial charge in [-0.3, -0.25) is 9.88 Å². The lowest BCUT2D eigenvalue weighted by atomic mass is 10.1. The van der Waals surface area contributed by atoms with E-state index in [1.54, 1.807) is 7.11 Å². The number of aromatic nitrogens is 1. The summed E-state index contributed by atoms with van der Waals surface area (Å²) in [5.74, 6) is 0.949. The maximum Gasteiger partial charge on any atom is 0.142 e. The van der Waals surface area contributed by atoms with E-state index in [4.69, 9.17) is 9.47 Å². The number of nitrogens with zero attached hydrogens (tertiary/aromatic N) is 3. The summed E-state index contributed by atoms with van der Waals surface area (Å²) in [5.41, 5.74) is 2.54. The molecule has 0 saturated carbocycles. The van der Waals surface area contributed by atoms with Gasteiger partial charge in [0.2, 0.25) is 0 Å². The van der Waals surface area contributed by atoms with Crippen LogP contribution in [0.15, 0.2) is 48.8 Å². The zero-order chi connectivity index (χ0) is 17.3. The minimum Gasteiger partial charge on any atom is -0.489 e. The SMILES string of the molecule is COCCOc1ccccc1N1CCN(CCc2ccncc2)CC1. The average molecular weight is 341 g/mol. The molecule has 1 aromatic carbocycles. The maximum absolute atomic E-state index is 5.88. The Balaban J connectivity index is 1.50. The standard InChI is InChI=1S/C20H27N3O2/c1-24-16-17-25-20-5-3-2-4-19(20)23-14-12-22(13-15-23)11-8-18-6-9-21-10-7-18/h2-7,9-10H,8,11-17H2,1H3. The van der Waals surface area contributed by atoms with E-state index in [0.717, 1.165) is 44.9 Å². The van der Waals surface area contributed by atoms with Gasteiger partial charge in [-0.25, -0.2) is 0 Å². The molecule has 1 aliphatic heterocycles. The summed E-state index contributed by atoms with van der Waals surface area (Å²) >= 11 is 0. The summed E-state index contributed by atoms with van der Waals surface area (Å²) in [7, 11) is 1.69. The lowest BCUT2D eigenvalue weighted by molar-refractivity contribution is 0.146. The van der Waals surface area contributed by atoms with Gasteiger partial charge in [0.15, 0.2) is 0 Å². The summed E-state index contributed by atoms with van der Waals surface area (Å²) in [4.78, 5) is 9.03. The van der Waals surface area contributed by atoms with Crippen molar-refractivity contribution in [2.75, 3.05) is 57.9 Å². The predicted molar refractivity (Wildman–Crippen MR) is 100 cm³/mol. The molecule has 134 valence electrons. The number of methoxy groups -OCH3 is 1. The third-order valence-electron chi connectivity index (χ3n) is 4.59. The first-order valence-electron chi connectivity index (χ1n) is 8.94. The fourth-order valence-corrected chi connectivity index (χ4v) is 3.12. The number of anilines is 1. The first kappa shape index (κ1) is 17.7. The van der Waals surface area contributed by atoms with E-state index in [9.17, 15) is 0 Å². The number of hydrogen-bond donors (Lipinski definition) is 0. The molecule has 0 spiro atoms. The van der Waals surface area contributed by atoms with Crippen LogP contribution in [-0.2, 0) is 11.2 Å². The number of piperazine rings is 1. The molecule has 0 N–H and O–H groups in total. The van der Waals surface area contributed by atoms with Crippen LogP contribution in [0, 0.1) is 0 Å². The molecule has 3 rings (SSSR count). The highest BCUT2D eigenvalue weighted by atomic mass is 16.5. The monoisotopic (exact) mass is 341 g/mol. The molecule has 1 saturated heterocycles. The minimum atomic E-state index is 0.583. The highest BCUT2D eigenvalue weighted by molar-refractivity contribution is 5.58. The molecule has 5 heteroatoms. The number of hydrogen-bond acceptors (Lipinski definition) is 5. The molecule has 1 fully saturated rings. The molecule has 25 heavy (non-hydrogen) atoms. The van der Waals surface area contributed by atoms with Crippen molar-refractivity contribution >= 4 is 5.69 Å². The topological polar surface area (TPSA) is 37.8 Å². The fraction of sp³-hybridized carbons (Fsp3) is 0.450. The van der Waals surface area contributed by atoms with Gasteiger partial charge in [-0.05, 0) is 36.2 Å². The van der Waals surface area contributed by atoms with Crippen molar-refractivity contribution in [1.29, 1.82) is 0 Å². The first-order chi connectivity index (χ1) is 12.4. The smallest absolute Gasteiger partial charge is 0.142 e. The number of rotatable bonds is 8. The van der Waals surface area contributed by atoms with Gasteiger partial charge in [-0.15, -0.1) is 0 Å². The molecule has 2 heterocycles. The van der Waals surface area contributed by atoms with E-state index < -0.39 is 0 Å². The second-order valence-electron chi connectivity index (χ2n) is 6.24. The highest BCUT2D eigenvalue weighted by Crippen LogP contribution is 2.28. The van der Waals surface area contributed by atoms with E-state index in [1.165, 1.54) is 11.3 Å². The largest absolute Gasteiger partial charge is 0.489 e. The van der Waals surface area contributed by atoms with Crippen LogP contribution in [0.5, 0.6) is 5.75 Å². The quantitative estimate of drug-likeness (QED) is 0.690. The number of benzene rings is 1. The molecule has 0 radical (unpaired) electrons. The van der Waals surface area contributed by atoms with Crippen LogP contribution in [-0.4, -0.2) is 62.9 Å². The molecule has 0 aliphatic carbocycles. The Morgan fingerprint density at radius 3 is 2.48 bits per heavy atom. The molecule has 0 amide bonds. The number of ether oxygens (including phenoxy) is 2. The summed E-state index contributed by atoms with van der Waals surface area (Å²) in [6.07, 6.45) is 4.82. The third kappa shape index (κ3) is 5.18. The van der Waals surface area contributed by atoms with E-state index >= 15 is 0 Å². The molecular weight excluding hydrogens is 314 g/mol. The second-order valence-corrected chi connectivity index (χ2v) is 6.24.